The Hall–Kier alpha value is -7.97. The van der Waals surface area contributed by atoms with E-state index >= 15 is 0 Å². The number of morpholine rings is 1. The zero-order chi connectivity index (χ0) is 56.7. The predicted molar refractivity (Wildman–Crippen MR) is 312 cm³/mol. The second-order valence-corrected chi connectivity index (χ2v) is 21.2. The number of hydrogen-bond donors (Lipinski definition) is 0. The Balaban J connectivity index is 0.000000137. The summed E-state index contributed by atoms with van der Waals surface area (Å²) in [5, 5.41) is 2.63. The average molecular weight is 1100 g/mol. The molecule has 422 valence electrons. The highest BCUT2D eigenvalue weighted by atomic mass is 16.5. The van der Waals surface area contributed by atoms with Crippen LogP contribution in [0.5, 0.6) is 29.0 Å². The smallest absolute Gasteiger partial charge is 0.229 e. The fourth-order valence-corrected chi connectivity index (χ4v) is 11.2. The van der Waals surface area contributed by atoms with E-state index in [-0.39, 0.29) is 53.8 Å². The summed E-state index contributed by atoms with van der Waals surface area (Å²) >= 11 is 0. The Morgan fingerprint density at radius 2 is 1.07 bits per heavy atom. The molecule has 0 saturated carbocycles. The number of benzene rings is 4. The summed E-state index contributed by atoms with van der Waals surface area (Å²) in [7, 11) is 9.07. The summed E-state index contributed by atoms with van der Waals surface area (Å²) in [6, 6.07) is 31.1. The quantitative estimate of drug-likeness (QED) is 0.102. The number of carbonyl (C=O) groups is 3. The fourth-order valence-electron chi connectivity index (χ4n) is 11.2. The Bertz CT molecular complexity index is 3480. The van der Waals surface area contributed by atoms with Gasteiger partial charge in [-0.25, -0.2) is 15.0 Å². The van der Waals surface area contributed by atoms with E-state index in [1.54, 1.807) is 35.0 Å². The molecule has 6 atom stereocenters. The molecule has 6 unspecified atom stereocenters. The number of likely N-dealkylation sites (N-methyl/N-ethyl adjacent to an activating group) is 3. The molecule has 5 aliphatic heterocycles. The van der Waals surface area contributed by atoms with Crippen LogP contribution >= 0.6 is 0 Å². The summed E-state index contributed by atoms with van der Waals surface area (Å²) < 4.78 is 35.3. The number of pyridine rings is 1. The van der Waals surface area contributed by atoms with E-state index in [0.717, 1.165) is 82.4 Å². The number of likely N-dealkylation sites (tertiary alicyclic amines) is 3. The lowest BCUT2D eigenvalue weighted by molar-refractivity contribution is -0.121. The van der Waals surface area contributed by atoms with E-state index in [9.17, 15) is 14.4 Å². The van der Waals surface area contributed by atoms with Crippen molar-refractivity contribution in [3.63, 3.8) is 0 Å². The van der Waals surface area contributed by atoms with E-state index in [1.807, 2.05) is 129 Å². The number of Topliss-reactive ketones (excluding diaryl/α,β-unsaturated/α-hetero) is 3. The predicted octanol–water partition coefficient (Wildman–Crippen LogP) is 7.95. The molecule has 0 spiro atoms. The van der Waals surface area contributed by atoms with Gasteiger partial charge < -0.3 is 33.3 Å². The Labute approximate surface area is 471 Å². The maximum atomic E-state index is 11.9. The minimum atomic E-state index is -0.132. The molecule has 19 nitrogen and oxygen atoms in total. The van der Waals surface area contributed by atoms with Gasteiger partial charge in [-0.3, -0.25) is 34.1 Å². The van der Waals surface area contributed by atoms with E-state index < -0.39 is 0 Å². The summed E-state index contributed by atoms with van der Waals surface area (Å²) in [6.07, 6.45) is 6.64. The molecule has 0 radical (unpaired) electrons. The van der Waals surface area contributed by atoms with Crippen LogP contribution in [0.1, 0.15) is 52.1 Å². The van der Waals surface area contributed by atoms with E-state index in [4.69, 9.17) is 48.4 Å². The Kier molecular flexibility index (Phi) is 17.5. The first-order valence-corrected chi connectivity index (χ1v) is 27.6. The topological polar surface area (TPSA) is 196 Å². The highest BCUT2D eigenvalue weighted by Crippen LogP contribution is 2.38. The van der Waals surface area contributed by atoms with Gasteiger partial charge in [-0.05, 0) is 72.2 Å². The first-order chi connectivity index (χ1) is 39.2. The molecule has 0 N–H and O–H groups in total. The van der Waals surface area contributed by atoms with Crippen molar-refractivity contribution < 1.29 is 42.8 Å². The van der Waals surface area contributed by atoms with Crippen LogP contribution in [0, 0.1) is 0 Å². The molecule has 4 aromatic carbocycles. The molecule has 8 heterocycles. The van der Waals surface area contributed by atoms with Crippen LogP contribution in [0.25, 0.3) is 49.8 Å². The van der Waals surface area contributed by atoms with Gasteiger partial charge >= 0.3 is 0 Å². The first-order valence-electron chi connectivity index (χ1n) is 27.6. The number of nitrogens with zero attached hydrogens (tertiary/aromatic N) is 10. The van der Waals surface area contributed by atoms with Crippen molar-refractivity contribution in [3.8, 4) is 40.4 Å². The largest absolute Gasteiger partial charge is 0.493 e. The summed E-state index contributed by atoms with van der Waals surface area (Å²) in [5.74, 6) is 4.83. The van der Waals surface area contributed by atoms with E-state index in [1.165, 1.54) is 0 Å². The van der Waals surface area contributed by atoms with Crippen LogP contribution in [0.4, 0.5) is 5.95 Å². The van der Waals surface area contributed by atoms with Crippen molar-refractivity contribution in [1.29, 1.82) is 0 Å². The first kappa shape index (κ1) is 56.3. The number of ketones is 3. The molecule has 4 saturated heterocycles. The molecule has 81 heavy (non-hydrogen) atoms. The van der Waals surface area contributed by atoms with Crippen molar-refractivity contribution in [2.75, 3.05) is 86.2 Å². The van der Waals surface area contributed by atoms with Gasteiger partial charge in [0.25, 0.3) is 0 Å². The minimum absolute atomic E-state index is 0.00128. The monoisotopic (exact) mass is 1100 g/mol. The van der Waals surface area contributed by atoms with Crippen LogP contribution in [0.2, 0.25) is 0 Å². The highest BCUT2D eigenvalue weighted by molar-refractivity contribution is 5.90. The molecule has 0 amide bonds. The van der Waals surface area contributed by atoms with Crippen molar-refractivity contribution in [2.24, 2.45) is 4.99 Å². The van der Waals surface area contributed by atoms with Crippen molar-refractivity contribution in [3.05, 3.63) is 109 Å². The van der Waals surface area contributed by atoms with Gasteiger partial charge in [0.05, 0.1) is 84.3 Å². The third kappa shape index (κ3) is 13.0. The van der Waals surface area contributed by atoms with E-state index in [0.29, 0.717) is 79.7 Å². The highest BCUT2D eigenvalue weighted by Gasteiger charge is 2.37. The number of methoxy groups -OCH3 is 2. The number of ether oxygens (including phenoxy) is 6. The van der Waals surface area contributed by atoms with Crippen LogP contribution in [0.15, 0.2) is 108 Å². The second-order valence-electron chi connectivity index (χ2n) is 21.2. The Morgan fingerprint density at radius 1 is 0.543 bits per heavy atom. The van der Waals surface area contributed by atoms with Crippen LogP contribution in [-0.4, -0.2) is 181 Å². The molecule has 19 heteroatoms. The summed E-state index contributed by atoms with van der Waals surface area (Å²) in [5.41, 5.74) is 5.14. The number of para-hydroxylation sites is 2. The van der Waals surface area contributed by atoms with Crippen LogP contribution in [-0.2, 0) is 19.1 Å². The maximum Gasteiger partial charge on any atom is 0.229 e. The number of aliphatic imine (C=N–C) groups is 1. The molecular weight excluding hydrogens is 1030 g/mol. The van der Waals surface area contributed by atoms with Gasteiger partial charge in [0.15, 0.2) is 17.3 Å². The lowest BCUT2D eigenvalue weighted by Crippen LogP contribution is -2.37. The number of hydrogen-bond acceptors (Lipinski definition) is 19. The summed E-state index contributed by atoms with van der Waals surface area (Å²) in [6.45, 7) is 9.74. The SMILES string of the molecule is CC(=O)C1CC(Oc2cc(C3=CCC=N3)nc3ccccc23)CN1C.CC(=O)C1CC(Oc2nc(-c3ccccc3)nc3ccccc23)CN1C.COc1cc2nc(N3CCOCC3)nc(OC3CC(C(C)=O)N(C)C3)c2cc1OC. The summed E-state index contributed by atoms with van der Waals surface area (Å²) in [4.78, 5) is 71.7. The van der Waals surface area contributed by atoms with Gasteiger partial charge in [0.1, 0.15) is 41.4 Å². The van der Waals surface area contributed by atoms with Crippen molar-refractivity contribution >= 4 is 67.9 Å². The molecule has 12 rings (SSSR count). The minimum Gasteiger partial charge on any atom is -0.493 e. The molecule has 4 fully saturated rings. The fraction of sp³-hybridized carbons (Fsp3) is 0.403. The normalized spacial score (nSPS) is 22.0. The average Bonchev–Trinajstić information content (AvgIpc) is 4.37. The lowest BCUT2D eigenvalue weighted by atomic mass is 10.1. The number of anilines is 1. The lowest BCUT2D eigenvalue weighted by Gasteiger charge is -2.27. The molecule has 0 bridgehead atoms. The molecular formula is C62H70N10O9. The van der Waals surface area contributed by atoms with Gasteiger partial charge in [0, 0.05) is 87.7 Å². The molecule has 7 aromatic rings. The third-order valence-electron chi connectivity index (χ3n) is 15.4. The van der Waals surface area contributed by atoms with Gasteiger partial charge in [-0.2, -0.15) is 9.97 Å². The number of aromatic nitrogens is 5. The van der Waals surface area contributed by atoms with Crippen molar-refractivity contribution in [1.82, 2.24) is 39.6 Å². The van der Waals surface area contributed by atoms with Gasteiger partial charge in [-0.15, -0.1) is 0 Å². The van der Waals surface area contributed by atoms with Gasteiger partial charge in [-0.1, -0.05) is 60.7 Å². The maximum absolute atomic E-state index is 11.9. The second kappa shape index (κ2) is 25.2. The molecule has 3 aromatic heterocycles. The van der Waals surface area contributed by atoms with Gasteiger partial charge in [0.2, 0.25) is 17.7 Å². The van der Waals surface area contributed by atoms with Crippen molar-refractivity contribution in [2.45, 2.75) is 82.9 Å². The number of rotatable bonds is 14. The Morgan fingerprint density at radius 3 is 1.63 bits per heavy atom. The zero-order valence-corrected chi connectivity index (χ0v) is 47.3. The van der Waals surface area contributed by atoms with E-state index in [2.05, 4.69) is 30.8 Å². The molecule has 0 aliphatic carbocycles. The standard InChI is InChI=1S/C21H28N4O5.C21H21N3O2.C20H21N3O2/c1-13(26)17-9-14(12-24(17)2)30-20-15-10-18(27-3)19(28-4)11-16(15)22-21(23-20)25-5-7-29-8-6-25;1-14(25)19-12-16(13-24(19)2)26-21-17-10-6-7-11-18(17)22-20(23-21)15-8-4-3-5-9-15;1-13(24)19-10-14(12-23(19)2)25-20-11-18(17-8-5-9-21-17)22-16-7-4-3-6-15(16)20/h10-11,14,17H,5-9,12H2,1-4H3;3-11,16,19H,12-13H2,1-2H3;3-4,6-9,11,14,19H,5,10,12H2,1-2H3. The zero-order valence-electron chi connectivity index (χ0n) is 47.3. The van der Waals surface area contributed by atoms with Crippen LogP contribution < -0.4 is 28.6 Å². The third-order valence-corrected chi connectivity index (χ3v) is 15.4. The molecule has 5 aliphatic rings. The van der Waals surface area contributed by atoms with Crippen LogP contribution in [0.3, 0.4) is 0 Å². The number of carbonyl (C=O) groups excluding carboxylic acids is 3. The number of fused-ring (bicyclic) bond motifs is 3. The number of allylic oxidation sites excluding steroid dienone is 1.